The van der Waals surface area contributed by atoms with Gasteiger partial charge in [-0.05, 0) is 42.8 Å². The van der Waals surface area contributed by atoms with Gasteiger partial charge in [-0.1, -0.05) is 12.1 Å². The summed E-state index contributed by atoms with van der Waals surface area (Å²) in [7, 11) is 1.75. The van der Waals surface area contributed by atoms with Crippen LogP contribution in [0.1, 0.15) is 11.1 Å². The maximum atomic E-state index is 10.3. The van der Waals surface area contributed by atoms with E-state index in [0.717, 1.165) is 67.0 Å². The number of nitrogens with zero attached hydrogens (tertiary/aromatic N) is 3. The van der Waals surface area contributed by atoms with Gasteiger partial charge in [0.15, 0.2) is 5.88 Å². The van der Waals surface area contributed by atoms with Crippen LogP contribution in [0.4, 0.5) is 11.4 Å². The molecular weight excluding hydrogens is 364 g/mol. The van der Waals surface area contributed by atoms with Crippen molar-refractivity contribution in [2.45, 2.75) is 6.92 Å². The molecule has 1 fully saturated rings. The van der Waals surface area contributed by atoms with Crippen LogP contribution in [-0.2, 0) is 4.74 Å². The fraction of sp³-hybridized carbons (Fsp3) is 0.348. The normalized spacial score (nSPS) is 15.6. The molecule has 0 radical (unpaired) electrons. The quantitative estimate of drug-likeness (QED) is 0.628. The zero-order chi connectivity index (χ0) is 20.2. The first-order valence-electron chi connectivity index (χ1n) is 10.1. The molecule has 1 aliphatic rings. The third-order valence-electron chi connectivity index (χ3n) is 5.59. The van der Waals surface area contributed by atoms with Gasteiger partial charge in [0.05, 0.1) is 17.9 Å². The maximum absolute atomic E-state index is 10.3. The van der Waals surface area contributed by atoms with Crippen LogP contribution in [0.5, 0.6) is 5.88 Å². The molecule has 0 aliphatic carbocycles. The van der Waals surface area contributed by atoms with Gasteiger partial charge in [0.1, 0.15) is 0 Å². The van der Waals surface area contributed by atoms with Crippen molar-refractivity contribution in [3.05, 3.63) is 53.6 Å². The molecule has 3 aromatic rings. The molecule has 152 valence electrons. The summed E-state index contributed by atoms with van der Waals surface area (Å²) in [6.07, 6.45) is 1.74. The van der Waals surface area contributed by atoms with Gasteiger partial charge in [-0.25, -0.2) is 0 Å². The molecule has 2 N–H and O–H groups in total. The number of rotatable bonds is 6. The largest absolute Gasteiger partial charge is 0.494 e. The molecule has 1 aliphatic heterocycles. The van der Waals surface area contributed by atoms with Crippen molar-refractivity contribution in [1.82, 2.24) is 9.88 Å². The van der Waals surface area contributed by atoms with Crippen molar-refractivity contribution in [2.75, 3.05) is 51.3 Å². The van der Waals surface area contributed by atoms with Crippen molar-refractivity contribution in [3.63, 3.8) is 0 Å². The average molecular weight is 393 g/mol. The SMILES string of the molecule is COCCN1CCN(c2ccc(N=Cc3c(O)[nH]c4cccc(C)c34)cc2)CC1. The number of anilines is 1. The summed E-state index contributed by atoms with van der Waals surface area (Å²) in [5.41, 5.74) is 4.86. The minimum absolute atomic E-state index is 0.154. The first-order chi connectivity index (χ1) is 14.2. The fourth-order valence-electron chi connectivity index (χ4n) is 3.91. The van der Waals surface area contributed by atoms with Crippen LogP contribution in [0.15, 0.2) is 47.5 Å². The second kappa shape index (κ2) is 8.68. The summed E-state index contributed by atoms with van der Waals surface area (Å²) in [5.74, 6) is 0.154. The van der Waals surface area contributed by atoms with Gasteiger partial charge in [0.25, 0.3) is 0 Å². The van der Waals surface area contributed by atoms with Gasteiger partial charge < -0.3 is 19.7 Å². The number of aryl methyl sites for hydroxylation is 1. The lowest BCUT2D eigenvalue weighted by atomic mass is 10.1. The highest BCUT2D eigenvalue weighted by Gasteiger charge is 2.16. The van der Waals surface area contributed by atoms with Crippen LogP contribution in [0.3, 0.4) is 0 Å². The summed E-state index contributed by atoms with van der Waals surface area (Å²) in [6, 6.07) is 14.3. The van der Waals surface area contributed by atoms with Crippen molar-refractivity contribution < 1.29 is 9.84 Å². The topological polar surface area (TPSA) is 64.1 Å². The Kier molecular flexibility index (Phi) is 5.83. The molecule has 2 aromatic carbocycles. The number of H-pyrrole nitrogens is 1. The van der Waals surface area contributed by atoms with Crippen LogP contribution < -0.4 is 4.90 Å². The summed E-state index contributed by atoms with van der Waals surface area (Å²) >= 11 is 0. The van der Waals surface area contributed by atoms with Gasteiger partial charge in [-0.15, -0.1) is 0 Å². The van der Waals surface area contributed by atoms with E-state index in [1.807, 2.05) is 37.3 Å². The average Bonchev–Trinajstić information content (AvgIpc) is 3.08. The number of aliphatic imine (C=N–C) groups is 1. The number of fused-ring (bicyclic) bond motifs is 1. The molecule has 1 saturated heterocycles. The number of aromatic nitrogens is 1. The standard InChI is InChI=1S/C23H28N4O2/c1-17-4-3-5-21-22(17)20(23(28)25-21)16-24-18-6-8-19(9-7-18)27-12-10-26(11-13-27)14-15-29-2/h3-9,16,25,28H,10-15H2,1-2H3. The van der Waals surface area contributed by atoms with Gasteiger partial charge in [0, 0.05) is 62.6 Å². The first-order valence-corrected chi connectivity index (χ1v) is 10.1. The van der Waals surface area contributed by atoms with E-state index in [1.165, 1.54) is 5.69 Å². The van der Waals surface area contributed by atoms with Crippen LogP contribution in [0, 0.1) is 6.92 Å². The predicted molar refractivity (Wildman–Crippen MR) is 119 cm³/mol. The molecule has 4 rings (SSSR count). The van der Waals surface area contributed by atoms with E-state index in [4.69, 9.17) is 4.74 Å². The van der Waals surface area contributed by atoms with Crippen LogP contribution in [-0.4, -0.2) is 67.6 Å². The number of aromatic hydroxyl groups is 1. The Bertz CT molecular complexity index is 986. The number of benzene rings is 2. The second-order valence-electron chi connectivity index (χ2n) is 7.48. The van der Waals surface area contributed by atoms with E-state index in [9.17, 15) is 5.11 Å². The number of methoxy groups -OCH3 is 1. The molecule has 2 heterocycles. The molecule has 0 atom stereocenters. The summed E-state index contributed by atoms with van der Waals surface area (Å²) < 4.78 is 5.17. The Morgan fingerprint density at radius 3 is 2.59 bits per heavy atom. The van der Waals surface area contributed by atoms with Gasteiger partial charge in [-0.2, -0.15) is 0 Å². The van der Waals surface area contributed by atoms with E-state index in [2.05, 4.69) is 31.9 Å². The predicted octanol–water partition coefficient (Wildman–Crippen LogP) is 3.70. The first kappa shape index (κ1) is 19.5. The lowest BCUT2D eigenvalue weighted by Gasteiger charge is -2.36. The molecule has 1 aromatic heterocycles. The number of hydrogen-bond acceptors (Lipinski definition) is 5. The third kappa shape index (κ3) is 4.28. The molecule has 0 unspecified atom stereocenters. The van der Waals surface area contributed by atoms with E-state index >= 15 is 0 Å². The van der Waals surface area contributed by atoms with Crippen LogP contribution in [0.25, 0.3) is 10.9 Å². The number of hydrogen-bond donors (Lipinski definition) is 2. The molecule has 6 heteroatoms. The van der Waals surface area contributed by atoms with E-state index in [-0.39, 0.29) is 5.88 Å². The van der Waals surface area contributed by atoms with Crippen molar-refractivity contribution in [3.8, 4) is 5.88 Å². The second-order valence-corrected chi connectivity index (χ2v) is 7.48. The zero-order valence-electron chi connectivity index (χ0n) is 17.1. The van der Waals surface area contributed by atoms with Gasteiger partial charge >= 0.3 is 0 Å². The Morgan fingerprint density at radius 2 is 1.86 bits per heavy atom. The number of nitrogens with one attached hydrogen (secondary N) is 1. The lowest BCUT2D eigenvalue weighted by molar-refractivity contribution is 0.144. The third-order valence-corrected chi connectivity index (χ3v) is 5.59. The molecule has 29 heavy (non-hydrogen) atoms. The van der Waals surface area contributed by atoms with E-state index in [0.29, 0.717) is 0 Å². The van der Waals surface area contributed by atoms with Crippen LogP contribution >= 0.6 is 0 Å². The van der Waals surface area contributed by atoms with Crippen molar-refractivity contribution in [1.29, 1.82) is 0 Å². The lowest BCUT2D eigenvalue weighted by Crippen LogP contribution is -2.47. The Morgan fingerprint density at radius 1 is 1.10 bits per heavy atom. The molecule has 6 nitrogen and oxygen atoms in total. The minimum atomic E-state index is 0.154. The summed E-state index contributed by atoms with van der Waals surface area (Å²) in [4.78, 5) is 12.5. The Labute approximate surface area is 171 Å². The highest BCUT2D eigenvalue weighted by atomic mass is 16.5. The zero-order valence-corrected chi connectivity index (χ0v) is 17.1. The smallest absolute Gasteiger partial charge is 0.198 e. The minimum Gasteiger partial charge on any atom is -0.494 e. The number of ether oxygens (including phenoxy) is 1. The fourth-order valence-corrected chi connectivity index (χ4v) is 3.91. The monoisotopic (exact) mass is 392 g/mol. The van der Waals surface area contributed by atoms with E-state index < -0.39 is 0 Å². The maximum Gasteiger partial charge on any atom is 0.198 e. The number of piperazine rings is 1. The summed E-state index contributed by atoms with van der Waals surface area (Å²) in [6.45, 7) is 7.99. The highest BCUT2D eigenvalue weighted by molar-refractivity contribution is 6.04. The number of aromatic amines is 1. The molecule has 0 bridgehead atoms. The Balaban J connectivity index is 1.44. The van der Waals surface area contributed by atoms with Crippen molar-refractivity contribution in [2.24, 2.45) is 4.99 Å². The summed E-state index contributed by atoms with van der Waals surface area (Å²) in [5, 5.41) is 11.3. The highest BCUT2D eigenvalue weighted by Crippen LogP contribution is 2.29. The van der Waals surface area contributed by atoms with Crippen LogP contribution in [0.2, 0.25) is 0 Å². The molecule has 0 spiro atoms. The van der Waals surface area contributed by atoms with Gasteiger partial charge in [0.2, 0.25) is 0 Å². The molecule has 0 amide bonds. The van der Waals surface area contributed by atoms with E-state index in [1.54, 1.807) is 13.3 Å². The Hall–Kier alpha value is -2.83. The van der Waals surface area contributed by atoms with Crippen molar-refractivity contribution >= 4 is 28.5 Å². The van der Waals surface area contributed by atoms with Gasteiger partial charge in [-0.3, -0.25) is 9.89 Å². The molecule has 0 saturated carbocycles. The molecular formula is C23H28N4O2.